The Labute approximate surface area is 143 Å². The third-order valence-electron chi connectivity index (χ3n) is 6.18. The Balaban J connectivity index is 1.43. The zero-order valence-corrected chi connectivity index (χ0v) is 14.6. The Morgan fingerprint density at radius 1 is 1.04 bits per heavy atom. The standard InChI is InChI=1S/C19H29NO4/c1-12-5-2-3-8-16(12)20-17(21)11-24-19(23)15-9-13-6-4-7-14(10-15)18(13)22/h12-16H,2-11H2,1H3,(H,20,21)/t12-,13-,14-,16-/m0/s1. The molecule has 3 rings (SSSR count). The molecule has 134 valence electrons. The van der Waals surface area contributed by atoms with E-state index >= 15 is 0 Å². The van der Waals surface area contributed by atoms with Crippen LogP contribution in [0.5, 0.6) is 0 Å². The van der Waals surface area contributed by atoms with Crippen LogP contribution < -0.4 is 5.32 Å². The summed E-state index contributed by atoms with van der Waals surface area (Å²) in [7, 11) is 0. The average molecular weight is 335 g/mol. The third-order valence-corrected chi connectivity index (χ3v) is 6.18. The normalized spacial score (nSPS) is 36.0. The molecule has 0 saturated heterocycles. The molecule has 5 nitrogen and oxygen atoms in total. The van der Waals surface area contributed by atoms with Gasteiger partial charge in [-0.25, -0.2) is 0 Å². The van der Waals surface area contributed by atoms with Crippen LogP contribution in [-0.4, -0.2) is 30.3 Å². The molecule has 3 aliphatic rings. The molecule has 1 amide bonds. The van der Waals surface area contributed by atoms with Gasteiger partial charge in [0.25, 0.3) is 5.91 Å². The van der Waals surface area contributed by atoms with Gasteiger partial charge in [0.2, 0.25) is 0 Å². The zero-order valence-electron chi connectivity index (χ0n) is 14.6. The highest BCUT2D eigenvalue weighted by molar-refractivity contribution is 5.88. The molecule has 0 heterocycles. The number of nitrogens with one attached hydrogen (secondary N) is 1. The van der Waals surface area contributed by atoms with Crippen LogP contribution >= 0.6 is 0 Å². The predicted molar refractivity (Wildman–Crippen MR) is 89.1 cm³/mol. The second-order valence-electron chi connectivity index (χ2n) is 7.94. The van der Waals surface area contributed by atoms with Gasteiger partial charge in [0.1, 0.15) is 5.78 Å². The molecule has 0 aromatic carbocycles. The molecule has 2 bridgehead atoms. The first-order chi connectivity index (χ1) is 11.5. The van der Waals surface area contributed by atoms with Gasteiger partial charge in [-0.15, -0.1) is 0 Å². The van der Waals surface area contributed by atoms with Crippen LogP contribution in [0.25, 0.3) is 0 Å². The van der Waals surface area contributed by atoms with Crippen molar-refractivity contribution >= 4 is 17.7 Å². The number of carbonyl (C=O) groups is 3. The molecular formula is C19H29NO4. The van der Waals surface area contributed by atoms with Crippen molar-refractivity contribution in [2.45, 2.75) is 70.8 Å². The van der Waals surface area contributed by atoms with Crippen LogP contribution in [0.2, 0.25) is 0 Å². The molecule has 0 unspecified atom stereocenters. The van der Waals surface area contributed by atoms with Crippen LogP contribution in [0, 0.1) is 23.7 Å². The van der Waals surface area contributed by atoms with Gasteiger partial charge < -0.3 is 10.1 Å². The van der Waals surface area contributed by atoms with Crippen LogP contribution in [0.1, 0.15) is 64.7 Å². The van der Waals surface area contributed by atoms with E-state index in [1.54, 1.807) is 0 Å². The highest BCUT2D eigenvalue weighted by Crippen LogP contribution is 2.40. The number of amides is 1. The highest BCUT2D eigenvalue weighted by atomic mass is 16.5. The first kappa shape index (κ1) is 17.4. The summed E-state index contributed by atoms with van der Waals surface area (Å²) in [6.07, 6.45) is 8.63. The fourth-order valence-corrected chi connectivity index (χ4v) is 4.71. The van der Waals surface area contributed by atoms with Gasteiger partial charge in [-0.2, -0.15) is 0 Å². The largest absolute Gasteiger partial charge is 0.455 e. The van der Waals surface area contributed by atoms with Crippen molar-refractivity contribution in [3.63, 3.8) is 0 Å². The second kappa shape index (κ2) is 7.66. The van der Waals surface area contributed by atoms with E-state index in [0.29, 0.717) is 24.5 Å². The summed E-state index contributed by atoms with van der Waals surface area (Å²) in [6.45, 7) is 1.97. The number of Topliss-reactive ketones (excluding diaryl/α,β-unsaturated/α-hetero) is 1. The van der Waals surface area contributed by atoms with E-state index in [-0.39, 0.29) is 42.3 Å². The van der Waals surface area contributed by atoms with Crippen LogP contribution in [-0.2, 0) is 19.1 Å². The number of carbonyl (C=O) groups excluding carboxylic acids is 3. The predicted octanol–water partition coefficient (Wildman–Crippen LogP) is 2.62. The Hall–Kier alpha value is -1.39. The SMILES string of the molecule is C[C@H]1CCCC[C@@H]1NC(=O)COC(=O)C1C[C@@H]2CCC[C@@H](C1)C2=O. The van der Waals surface area contributed by atoms with E-state index in [1.807, 2.05) is 0 Å². The molecule has 0 spiro atoms. The van der Waals surface area contributed by atoms with Gasteiger partial charge in [0.15, 0.2) is 6.61 Å². The monoisotopic (exact) mass is 335 g/mol. The Bertz CT molecular complexity index is 488. The molecule has 0 aromatic rings. The summed E-state index contributed by atoms with van der Waals surface area (Å²) < 4.78 is 5.26. The van der Waals surface area contributed by atoms with Crippen molar-refractivity contribution in [2.75, 3.05) is 6.61 Å². The minimum Gasteiger partial charge on any atom is -0.455 e. The summed E-state index contributed by atoms with van der Waals surface area (Å²) in [6, 6.07) is 0.205. The zero-order chi connectivity index (χ0) is 17.1. The molecule has 0 aliphatic heterocycles. The van der Waals surface area contributed by atoms with Gasteiger partial charge in [0, 0.05) is 17.9 Å². The van der Waals surface area contributed by atoms with E-state index in [9.17, 15) is 14.4 Å². The van der Waals surface area contributed by atoms with Crippen molar-refractivity contribution < 1.29 is 19.1 Å². The maximum atomic E-state index is 12.3. The van der Waals surface area contributed by atoms with Gasteiger partial charge in [-0.1, -0.05) is 26.2 Å². The third kappa shape index (κ3) is 3.98. The molecule has 0 aromatic heterocycles. The van der Waals surface area contributed by atoms with Gasteiger partial charge >= 0.3 is 5.97 Å². The fraction of sp³-hybridized carbons (Fsp3) is 0.842. The Morgan fingerprint density at radius 3 is 2.38 bits per heavy atom. The first-order valence-corrected chi connectivity index (χ1v) is 9.54. The van der Waals surface area contributed by atoms with Crippen molar-refractivity contribution in [2.24, 2.45) is 23.7 Å². The summed E-state index contributed by atoms with van der Waals surface area (Å²) in [4.78, 5) is 36.4. The average Bonchev–Trinajstić information content (AvgIpc) is 2.54. The number of ether oxygens (including phenoxy) is 1. The molecule has 3 saturated carbocycles. The van der Waals surface area contributed by atoms with E-state index in [0.717, 1.165) is 38.5 Å². The van der Waals surface area contributed by atoms with Crippen molar-refractivity contribution in [3.8, 4) is 0 Å². The number of hydrogen-bond acceptors (Lipinski definition) is 4. The molecule has 3 fully saturated rings. The second-order valence-corrected chi connectivity index (χ2v) is 7.94. The summed E-state index contributed by atoms with van der Waals surface area (Å²) in [5, 5.41) is 3.00. The molecule has 4 atom stereocenters. The number of hydrogen-bond donors (Lipinski definition) is 1. The van der Waals surface area contributed by atoms with E-state index in [1.165, 1.54) is 6.42 Å². The molecular weight excluding hydrogens is 306 g/mol. The van der Waals surface area contributed by atoms with Crippen LogP contribution in [0.15, 0.2) is 0 Å². The van der Waals surface area contributed by atoms with E-state index in [2.05, 4.69) is 12.2 Å². The number of rotatable bonds is 4. The van der Waals surface area contributed by atoms with Gasteiger partial charge in [-0.05, 0) is 44.4 Å². The van der Waals surface area contributed by atoms with Crippen molar-refractivity contribution in [1.29, 1.82) is 0 Å². The lowest BCUT2D eigenvalue weighted by Gasteiger charge is -2.36. The Morgan fingerprint density at radius 2 is 1.71 bits per heavy atom. The van der Waals surface area contributed by atoms with E-state index in [4.69, 9.17) is 4.74 Å². The number of fused-ring (bicyclic) bond motifs is 2. The lowest BCUT2D eigenvalue weighted by atomic mass is 9.67. The molecule has 1 N–H and O–H groups in total. The van der Waals surface area contributed by atoms with Gasteiger partial charge in [0.05, 0.1) is 5.92 Å². The summed E-state index contributed by atoms with van der Waals surface area (Å²) in [5.41, 5.74) is 0. The highest BCUT2D eigenvalue weighted by Gasteiger charge is 2.41. The van der Waals surface area contributed by atoms with E-state index < -0.39 is 0 Å². The van der Waals surface area contributed by atoms with Gasteiger partial charge in [-0.3, -0.25) is 14.4 Å². The van der Waals surface area contributed by atoms with Crippen LogP contribution in [0.4, 0.5) is 0 Å². The molecule has 5 heteroatoms. The summed E-state index contributed by atoms with van der Waals surface area (Å²) in [5.74, 6) is 0.190. The maximum absolute atomic E-state index is 12.3. The van der Waals surface area contributed by atoms with Crippen molar-refractivity contribution in [3.05, 3.63) is 0 Å². The topological polar surface area (TPSA) is 72.5 Å². The molecule has 24 heavy (non-hydrogen) atoms. The smallest absolute Gasteiger partial charge is 0.309 e. The lowest BCUT2D eigenvalue weighted by molar-refractivity contribution is -0.157. The van der Waals surface area contributed by atoms with Crippen LogP contribution in [0.3, 0.4) is 0 Å². The molecule has 0 radical (unpaired) electrons. The first-order valence-electron chi connectivity index (χ1n) is 9.54. The fourth-order valence-electron chi connectivity index (χ4n) is 4.71. The number of esters is 1. The minimum atomic E-state index is -0.300. The Kier molecular flexibility index (Phi) is 5.57. The lowest BCUT2D eigenvalue weighted by Crippen LogP contribution is -2.44. The number of ketones is 1. The molecule has 3 aliphatic carbocycles. The van der Waals surface area contributed by atoms with Crippen molar-refractivity contribution in [1.82, 2.24) is 5.32 Å². The summed E-state index contributed by atoms with van der Waals surface area (Å²) >= 11 is 0. The maximum Gasteiger partial charge on any atom is 0.309 e. The minimum absolute atomic E-state index is 0.0342. The quantitative estimate of drug-likeness (QED) is 0.802.